The molecule has 0 bridgehead atoms. The second-order valence-electron chi connectivity index (χ2n) is 5.55. The van der Waals surface area contributed by atoms with E-state index in [1.54, 1.807) is 6.07 Å². The van der Waals surface area contributed by atoms with Crippen LogP contribution in [0.3, 0.4) is 0 Å². The molecule has 5 heteroatoms. The molecule has 0 heterocycles. The van der Waals surface area contributed by atoms with Gasteiger partial charge in [0.05, 0.1) is 0 Å². The second-order valence-corrected chi connectivity index (χ2v) is 6.36. The highest BCUT2D eigenvalue weighted by Gasteiger charge is 2.17. The predicted molar refractivity (Wildman–Crippen MR) is 94.4 cm³/mol. The molecule has 3 rings (SSSR count). The van der Waals surface area contributed by atoms with Gasteiger partial charge in [0.25, 0.3) is 5.91 Å². The first-order chi connectivity index (χ1) is 10.6. The molecule has 22 heavy (non-hydrogen) atoms. The van der Waals surface area contributed by atoms with E-state index in [0.29, 0.717) is 21.7 Å². The number of carbonyl (C=O) groups is 1. The Bertz CT molecular complexity index is 726. The quantitative estimate of drug-likeness (QED) is 0.815. The lowest BCUT2D eigenvalue weighted by Gasteiger charge is -2.15. The van der Waals surface area contributed by atoms with Gasteiger partial charge in [0.2, 0.25) is 0 Å². The van der Waals surface area contributed by atoms with Crippen LogP contribution in [0.1, 0.15) is 36.0 Å². The van der Waals surface area contributed by atoms with Crippen molar-refractivity contribution in [2.75, 3.05) is 0 Å². The van der Waals surface area contributed by atoms with Gasteiger partial charge in [-0.3, -0.25) is 10.1 Å². The summed E-state index contributed by atoms with van der Waals surface area (Å²) in [5, 5.41) is 8.72. The summed E-state index contributed by atoms with van der Waals surface area (Å²) in [6.45, 7) is 0. The van der Waals surface area contributed by atoms with Crippen molar-refractivity contribution in [3.05, 3.63) is 47.0 Å². The number of hydrogen-bond donors (Lipinski definition) is 2. The van der Waals surface area contributed by atoms with Gasteiger partial charge < -0.3 is 5.32 Å². The number of halogens is 1. The van der Waals surface area contributed by atoms with Crippen LogP contribution in [0.2, 0.25) is 5.02 Å². The highest BCUT2D eigenvalue weighted by Crippen LogP contribution is 2.25. The third kappa shape index (κ3) is 3.23. The van der Waals surface area contributed by atoms with E-state index in [1.165, 1.54) is 12.8 Å². The van der Waals surface area contributed by atoms with E-state index in [4.69, 9.17) is 23.8 Å². The summed E-state index contributed by atoms with van der Waals surface area (Å²) in [5.41, 5.74) is 0.579. The van der Waals surface area contributed by atoms with Crippen LogP contribution >= 0.6 is 23.8 Å². The van der Waals surface area contributed by atoms with Crippen LogP contribution in [-0.2, 0) is 0 Å². The van der Waals surface area contributed by atoms with Crippen LogP contribution < -0.4 is 10.6 Å². The normalized spacial score (nSPS) is 15.0. The molecule has 1 saturated carbocycles. The maximum absolute atomic E-state index is 12.5. The number of thiocarbonyl (C=S) groups is 1. The molecule has 0 saturated heterocycles. The summed E-state index contributed by atoms with van der Waals surface area (Å²) in [6, 6.07) is 11.5. The van der Waals surface area contributed by atoms with E-state index in [1.807, 2.05) is 30.3 Å². The van der Waals surface area contributed by atoms with Gasteiger partial charge in [-0.1, -0.05) is 48.7 Å². The SMILES string of the molecule is O=C(NC(=S)NC1CCCC1)c1cccc2c(Cl)cccc12. The number of nitrogens with one attached hydrogen (secondary N) is 2. The third-order valence-electron chi connectivity index (χ3n) is 4.03. The molecule has 1 amide bonds. The van der Waals surface area contributed by atoms with Gasteiger partial charge in [-0.15, -0.1) is 0 Å². The van der Waals surface area contributed by atoms with Crippen molar-refractivity contribution in [1.82, 2.24) is 10.6 Å². The largest absolute Gasteiger partial charge is 0.360 e. The van der Waals surface area contributed by atoms with Crippen molar-refractivity contribution >= 4 is 45.6 Å². The fraction of sp³-hybridized carbons (Fsp3) is 0.294. The molecular formula is C17H17ClN2OS. The number of rotatable bonds is 2. The maximum atomic E-state index is 12.5. The lowest BCUT2D eigenvalue weighted by molar-refractivity contribution is 0.0978. The average Bonchev–Trinajstić information content (AvgIpc) is 3.00. The summed E-state index contributed by atoms with van der Waals surface area (Å²) in [5.74, 6) is -0.205. The minimum atomic E-state index is -0.205. The lowest BCUT2D eigenvalue weighted by atomic mass is 10.0. The minimum absolute atomic E-state index is 0.205. The molecule has 0 spiro atoms. The lowest BCUT2D eigenvalue weighted by Crippen LogP contribution is -2.43. The molecule has 2 aromatic rings. The summed E-state index contributed by atoms with van der Waals surface area (Å²) >= 11 is 11.4. The molecule has 1 fully saturated rings. The van der Waals surface area contributed by atoms with E-state index in [-0.39, 0.29) is 5.91 Å². The van der Waals surface area contributed by atoms with Crippen LogP contribution in [0.4, 0.5) is 0 Å². The Hall–Kier alpha value is -1.65. The Morgan fingerprint density at radius 3 is 2.55 bits per heavy atom. The van der Waals surface area contributed by atoms with Crippen LogP contribution in [0, 0.1) is 0 Å². The number of carbonyl (C=O) groups excluding carboxylic acids is 1. The van der Waals surface area contributed by atoms with E-state index < -0.39 is 0 Å². The number of benzene rings is 2. The van der Waals surface area contributed by atoms with E-state index >= 15 is 0 Å². The fourth-order valence-corrected chi connectivity index (χ4v) is 3.43. The Morgan fingerprint density at radius 1 is 1.09 bits per heavy atom. The molecule has 2 aromatic carbocycles. The molecule has 1 aliphatic rings. The molecule has 0 unspecified atom stereocenters. The molecule has 0 aromatic heterocycles. The molecule has 3 nitrogen and oxygen atoms in total. The first-order valence-electron chi connectivity index (χ1n) is 7.44. The molecule has 114 valence electrons. The number of fused-ring (bicyclic) bond motifs is 1. The monoisotopic (exact) mass is 332 g/mol. The Labute approximate surface area is 140 Å². The predicted octanol–water partition coefficient (Wildman–Crippen LogP) is 4.04. The molecule has 0 radical (unpaired) electrons. The summed E-state index contributed by atoms with van der Waals surface area (Å²) in [6.07, 6.45) is 4.66. The average molecular weight is 333 g/mol. The van der Waals surface area contributed by atoms with Crippen LogP contribution in [0.15, 0.2) is 36.4 Å². The summed E-state index contributed by atoms with van der Waals surface area (Å²) in [7, 11) is 0. The molecule has 0 aliphatic heterocycles. The van der Waals surface area contributed by atoms with Crippen LogP contribution in [-0.4, -0.2) is 17.1 Å². The zero-order chi connectivity index (χ0) is 15.5. The van der Waals surface area contributed by atoms with E-state index in [9.17, 15) is 4.79 Å². The Balaban J connectivity index is 1.77. The third-order valence-corrected chi connectivity index (χ3v) is 4.58. The number of amides is 1. The van der Waals surface area contributed by atoms with Gasteiger partial charge in [-0.05, 0) is 42.6 Å². The zero-order valence-electron chi connectivity index (χ0n) is 12.1. The smallest absolute Gasteiger partial charge is 0.258 e. The highest BCUT2D eigenvalue weighted by atomic mass is 35.5. The van der Waals surface area contributed by atoms with Gasteiger partial charge >= 0.3 is 0 Å². The van der Waals surface area contributed by atoms with Crippen molar-refractivity contribution in [3.8, 4) is 0 Å². The Kier molecular flexibility index (Phi) is 4.60. The van der Waals surface area contributed by atoms with Gasteiger partial charge in [-0.25, -0.2) is 0 Å². The molecule has 0 atom stereocenters. The van der Waals surface area contributed by atoms with Gasteiger partial charge in [0.15, 0.2) is 5.11 Å². The Morgan fingerprint density at radius 2 is 1.77 bits per heavy atom. The zero-order valence-corrected chi connectivity index (χ0v) is 13.6. The van der Waals surface area contributed by atoms with Crippen molar-refractivity contribution in [3.63, 3.8) is 0 Å². The fourth-order valence-electron chi connectivity index (χ4n) is 2.93. The van der Waals surface area contributed by atoms with E-state index in [2.05, 4.69) is 10.6 Å². The van der Waals surface area contributed by atoms with Gasteiger partial charge in [0.1, 0.15) is 0 Å². The van der Waals surface area contributed by atoms with Crippen molar-refractivity contribution in [1.29, 1.82) is 0 Å². The second kappa shape index (κ2) is 6.63. The van der Waals surface area contributed by atoms with Crippen LogP contribution in [0.5, 0.6) is 0 Å². The number of hydrogen-bond acceptors (Lipinski definition) is 2. The topological polar surface area (TPSA) is 41.1 Å². The molecule has 1 aliphatic carbocycles. The molecular weight excluding hydrogens is 316 g/mol. The van der Waals surface area contributed by atoms with Crippen molar-refractivity contribution < 1.29 is 4.79 Å². The molecule has 2 N–H and O–H groups in total. The van der Waals surface area contributed by atoms with Crippen molar-refractivity contribution in [2.45, 2.75) is 31.7 Å². The highest BCUT2D eigenvalue weighted by molar-refractivity contribution is 7.80. The van der Waals surface area contributed by atoms with Crippen LogP contribution in [0.25, 0.3) is 10.8 Å². The summed E-state index contributed by atoms with van der Waals surface area (Å²) < 4.78 is 0. The minimum Gasteiger partial charge on any atom is -0.360 e. The van der Waals surface area contributed by atoms with Gasteiger partial charge in [0, 0.05) is 22.0 Å². The van der Waals surface area contributed by atoms with Crippen molar-refractivity contribution in [2.24, 2.45) is 0 Å². The maximum Gasteiger partial charge on any atom is 0.258 e. The van der Waals surface area contributed by atoms with Gasteiger partial charge in [-0.2, -0.15) is 0 Å². The standard InChI is InChI=1S/C17H17ClN2OS/c18-15-10-4-7-12-13(15)8-3-9-14(12)16(21)20-17(22)19-11-5-1-2-6-11/h3-4,7-11H,1-2,5-6H2,(H2,19,20,21,22). The van der Waals surface area contributed by atoms with E-state index in [0.717, 1.165) is 23.6 Å². The summed E-state index contributed by atoms with van der Waals surface area (Å²) in [4.78, 5) is 12.5. The first-order valence-corrected chi connectivity index (χ1v) is 8.23. The first kappa shape index (κ1) is 15.3.